The fourth-order valence-corrected chi connectivity index (χ4v) is 1.58. The van der Waals surface area contributed by atoms with Gasteiger partial charge in [-0.3, -0.25) is 5.32 Å². The van der Waals surface area contributed by atoms with Crippen LogP contribution in [0.3, 0.4) is 0 Å². The molecule has 1 aromatic carbocycles. The van der Waals surface area contributed by atoms with E-state index in [1.54, 1.807) is 0 Å². The van der Waals surface area contributed by atoms with Gasteiger partial charge in [0.25, 0.3) is 0 Å². The first kappa shape index (κ1) is 14.8. The third-order valence-corrected chi connectivity index (χ3v) is 2.32. The van der Waals surface area contributed by atoms with E-state index in [1.165, 1.54) is 0 Å². The molecule has 0 heterocycles. The van der Waals surface area contributed by atoms with Gasteiger partial charge in [-0.25, -0.2) is 0 Å². The van der Waals surface area contributed by atoms with Crippen molar-refractivity contribution in [1.82, 2.24) is 5.32 Å². The van der Waals surface area contributed by atoms with Gasteiger partial charge in [-0.2, -0.15) is 5.26 Å². The molecule has 0 aromatic heterocycles. The molecule has 0 bridgehead atoms. The van der Waals surface area contributed by atoms with Crippen LogP contribution in [0.1, 0.15) is 25.5 Å². The highest BCUT2D eigenvalue weighted by Crippen LogP contribution is 2.19. The van der Waals surface area contributed by atoms with Crippen LogP contribution in [0.5, 0.6) is 5.75 Å². The van der Waals surface area contributed by atoms with Gasteiger partial charge in [-0.1, -0.05) is 17.2 Å². The summed E-state index contributed by atoms with van der Waals surface area (Å²) in [6.45, 7) is 4.67. The number of benzene rings is 1. The zero-order valence-electron chi connectivity index (χ0n) is 11.1. The van der Waals surface area contributed by atoms with Gasteiger partial charge < -0.3 is 4.74 Å². The minimum absolute atomic E-state index is 0.0914. The second-order valence-corrected chi connectivity index (χ2v) is 4.21. The Morgan fingerprint density at radius 2 is 2.32 bits per heavy atom. The normalized spacial score (nSPS) is 11.5. The summed E-state index contributed by atoms with van der Waals surface area (Å²) in [5.74, 6) is 0.740. The summed E-state index contributed by atoms with van der Waals surface area (Å²) >= 11 is 0. The molecule has 0 spiro atoms. The van der Waals surface area contributed by atoms with Crippen LogP contribution in [-0.2, 0) is 0 Å². The Kier molecular flexibility index (Phi) is 6.23. The minimum atomic E-state index is -0.440. The number of azide groups is 1. The summed E-state index contributed by atoms with van der Waals surface area (Å²) in [6.07, 6.45) is 0.0914. The topological polar surface area (TPSA) is 93.8 Å². The highest BCUT2D eigenvalue weighted by Gasteiger charge is 2.10. The van der Waals surface area contributed by atoms with Crippen LogP contribution in [0.2, 0.25) is 0 Å². The van der Waals surface area contributed by atoms with Crippen molar-refractivity contribution in [2.45, 2.75) is 26.0 Å². The number of hydrogen-bond acceptors (Lipinski definition) is 4. The minimum Gasteiger partial charge on any atom is -0.491 e. The van der Waals surface area contributed by atoms with E-state index in [4.69, 9.17) is 15.5 Å². The molecule has 100 valence electrons. The van der Waals surface area contributed by atoms with Crippen molar-refractivity contribution in [2.75, 3.05) is 13.1 Å². The first-order valence-corrected chi connectivity index (χ1v) is 6.08. The van der Waals surface area contributed by atoms with E-state index >= 15 is 0 Å². The Morgan fingerprint density at radius 1 is 1.53 bits per heavy atom. The largest absolute Gasteiger partial charge is 0.491 e. The molecule has 19 heavy (non-hydrogen) atoms. The predicted octanol–water partition coefficient (Wildman–Crippen LogP) is 2.94. The maximum Gasteiger partial charge on any atom is 0.121 e. The van der Waals surface area contributed by atoms with Crippen LogP contribution < -0.4 is 10.1 Å². The Morgan fingerprint density at radius 3 is 2.95 bits per heavy atom. The molecule has 1 unspecified atom stereocenters. The molecule has 0 aliphatic rings. The molecule has 0 amide bonds. The lowest BCUT2D eigenvalue weighted by Gasteiger charge is -2.14. The van der Waals surface area contributed by atoms with Crippen LogP contribution >= 0.6 is 0 Å². The lowest BCUT2D eigenvalue weighted by Crippen LogP contribution is -2.22. The number of ether oxygens (including phenoxy) is 1. The molecule has 0 saturated carbocycles. The molecule has 1 rings (SSSR count). The van der Waals surface area contributed by atoms with Crippen LogP contribution in [0.4, 0.5) is 0 Å². The zero-order valence-corrected chi connectivity index (χ0v) is 11.1. The van der Waals surface area contributed by atoms with Crippen molar-refractivity contribution in [3.05, 3.63) is 40.3 Å². The highest BCUT2D eigenvalue weighted by molar-refractivity contribution is 5.33. The van der Waals surface area contributed by atoms with Gasteiger partial charge in [0.15, 0.2) is 0 Å². The van der Waals surface area contributed by atoms with E-state index < -0.39 is 6.04 Å². The van der Waals surface area contributed by atoms with Gasteiger partial charge in [-0.05, 0) is 37.1 Å². The maximum atomic E-state index is 9.15. The van der Waals surface area contributed by atoms with Crippen LogP contribution in [0.15, 0.2) is 29.4 Å². The monoisotopic (exact) mass is 259 g/mol. The molecular formula is C13H17N5O. The molecule has 6 nitrogen and oxygen atoms in total. The van der Waals surface area contributed by atoms with Gasteiger partial charge >= 0.3 is 0 Å². The molecule has 0 fully saturated rings. The van der Waals surface area contributed by atoms with Gasteiger partial charge in [0.05, 0.1) is 12.2 Å². The number of hydrogen-bond donors (Lipinski definition) is 1. The Labute approximate surface area is 112 Å². The summed E-state index contributed by atoms with van der Waals surface area (Å²) in [7, 11) is 0. The molecule has 1 atom stereocenters. The smallest absolute Gasteiger partial charge is 0.121 e. The fraction of sp³-hybridized carbons (Fsp3) is 0.462. The molecule has 1 N–H and O–H groups in total. The summed E-state index contributed by atoms with van der Waals surface area (Å²) < 4.78 is 5.59. The quantitative estimate of drug-likeness (QED) is 0.353. The third kappa shape index (κ3) is 5.30. The summed E-state index contributed by atoms with van der Waals surface area (Å²) in [5, 5.41) is 15.6. The van der Waals surface area contributed by atoms with E-state index in [9.17, 15) is 0 Å². The Hall–Kier alpha value is -2.22. The van der Waals surface area contributed by atoms with Crippen molar-refractivity contribution in [1.29, 1.82) is 5.26 Å². The molecule has 0 radical (unpaired) electrons. The standard InChI is InChI=1S/C13H17N5O/c1-10(2)19-12-5-3-4-11(8-12)13(9-14)16-6-7-17-18-15/h3-5,8,10,13,16H,6-7H2,1-2H3. The lowest BCUT2D eigenvalue weighted by atomic mass is 10.1. The molecular weight excluding hydrogens is 242 g/mol. The van der Waals surface area contributed by atoms with Crippen LogP contribution in [-0.4, -0.2) is 19.2 Å². The molecule has 0 aliphatic heterocycles. The van der Waals surface area contributed by atoms with E-state index in [2.05, 4.69) is 21.4 Å². The Balaban J connectivity index is 2.70. The molecule has 0 aliphatic carbocycles. The van der Waals surface area contributed by atoms with Gasteiger partial charge in [-0.15, -0.1) is 0 Å². The first-order valence-electron chi connectivity index (χ1n) is 6.08. The van der Waals surface area contributed by atoms with E-state index in [0.717, 1.165) is 11.3 Å². The van der Waals surface area contributed by atoms with Gasteiger partial charge in [0.1, 0.15) is 11.8 Å². The molecule has 0 saturated heterocycles. The predicted molar refractivity (Wildman–Crippen MR) is 72.6 cm³/mol. The molecule has 6 heteroatoms. The average molecular weight is 259 g/mol. The number of nitrogens with one attached hydrogen (secondary N) is 1. The summed E-state index contributed by atoms with van der Waals surface area (Å²) in [4.78, 5) is 2.66. The first-order chi connectivity index (χ1) is 9.17. The van der Waals surface area contributed by atoms with Crippen molar-refractivity contribution in [3.8, 4) is 11.8 Å². The third-order valence-electron chi connectivity index (χ3n) is 2.32. The van der Waals surface area contributed by atoms with Crippen LogP contribution in [0, 0.1) is 11.3 Å². The highest BCUT2D eigenvalue weighted by atomic mass is 16.5. The SMILES string of the molecule is CC(C)Oc1cccc(C(C#N)NCCN=[N+]=[N-])c1. The van der Waals surface area contributed by atoms with E-state index in [1.807, 2.05) is 38.1 Å². The second-order valence-electron chi connectivity index (χ2n) is 4.21. The summed E-state index contributed by atoms with van der Waals surface area (Å²) in [5.41, 5.74) is 9.01. The van der Waals surface area contributed by atoms with Crippen molar-refractivity contribution in [2.24, 2.45) is 5.11 Å². The van der Waals surface area contributed by atoms with Crippen molar-refractivity contribution >= 4 is 0 Å². The lowest BCUT2D eigenvalue weighted by molar-refractivity contribution is 0.242. The fourth-order valence-electron chi connectivity index (χ4n) is 1.58. The van der Waals surface area contributed by atoms with Crippen molar-refractivity contribution < 1.29 is 4.74 Å². The number of rotatable bonds is 7. The van der Waals surface area contributed by atoms with Gasteiger partial charge in [0, 0.05) is 18.0 Å². The second kappa shape index (κ2) is 7.98. The van der Waals surface area contributed by atoms with Gasteiger partial charge in [0.2, 0.25) is 0 Å². The van der Waals surface area contributed by atoms with E-state index in [0.29, 0.717) is 13.1 Å². The zero-order chi connectivity index (χ0) is 14.1. The molecule has 1 aromatic rings. The maximum absolute atomic E-state index is 9.15. The van der Waals surface area contributed by atoms with Crippen molar-refractivity contribution in [3.63, 3.8) is 0 Å². The average Bonchev–Trinajstić information content (AvgIpc) is 2.38. The van der Waals surface area contributed by atoms with E-state index in [-0.39, 0.29) is 6.10 Å². The Bertz CT molecular complexity index is 488. The summed E-state index contributed by atoms with van der Waals surface area (Å²) in [6, 6.07) is 9.15. The number of nitriles is 1. The number of nitrogens with zero attached hydrogens (tertiary/aromatic N) is 4. The van der Waals surface area contributed by atoms with Crippen LogP contribution in [0.25, 0.3) is 10.4 Å².